The molecule has 3 N–H and O–H groups in total. The first-order valence-electron chi connectivity index (χ1n) is 10.7. The Bertz CT molecular complexity index is 245. The number of rotatable bonds is 17. The number of aliphatic hydroxyl groups excluding tert-OH is 1. The van der Waals surface area contributed by atoms with Crippen molar-refractivity contribution in [3.05, 3.63) is 0 Å². The molecule has 4 nitrogen and oxygen atoms in total. The van der Waals surface area contributed by atoms with Crippen LogP contribution in [0.5, 0.6) is 0 Å². The Morgan fingerprint density at radius 3 is 1.76 bits per heavy atom. The molecule has 0 aromatic heterocycles. The van der Waals surface area contributed by atoms with Crippen molar-refractivity contribution >= 4 is 5.97 Å². The summed E-state index contributed by atoms with van der Waals surface area (Å²) in [5.74, 6) is -0.0402. The molecule has 0 saturated carbocycles. The topological polar surface area (TPSA) is 72.5 Å². The average Bonchev–Trinajstić information content (AvgIpc) is 2.61. The molecule has 4 heteroatoms. The summed E-state index contributed by atoms with van der Waals surface area (Å²) in [6.45, 7) is 5.96. The van der Waals surface area contributed by atoms with Gasteiger partial charge in [0.25, 0.3) is 0 Å². The van der Waals surface area contributed by atoms with Crippen molar-refractivity contribution < 1.29 is 14.6 Å². The maximum absolute atomic E-state index is 11.4. The SMILES string of the molecule is CCCCCCCCCCCOC(=O)CCCCCN.CCCCO. The summed E-state index contributed by atoms with van der Waals surface area (Å²) in [4.78, 5) is 11.4. The first kappa shape index (κ1) is 26.6. The second-order valence-electron chi connectivity index (χ2n) is 6.73. The van der Waals surface area contributed by atoms with Crippen molar-refractivity contribution in [2.45, 2.75) is 110 Å². The molecule has 0 aromatic carbocycles. The Morgan fingerprint density at radius 1 is 0.760 bits per heavy atom. The van der Waals surface area contributed by atoms with Crippen LogP contribution in [-0.4, -0.2) is 30.8 Å². The third-order valence-electron chi connectivity index (χ3n) is 4.11. The van der Waals surface area contributed by atoms with Gasteiger partial charge < -0.3 is 15.6 Å². The number of esters is 1. The number of hydrogen-bond donors (Lipinski definition) is 2. The highest BCUT2D eigenvalue weighted by molar-refractivity contribution is 5.69. The summed E-state index contributed by atoms with van der Waals surface area (Å²) >= 11 is 0. The smallest absolute Gasteiger partial charge is 0.305 e. The lowest BCUT2D eigenvalue weighted by molar-refractivity contribution is -0.143. The van der Waals surface area contributed by atoms with Gasteiger partial charge in [-0.2, -0.15) is 0 Å². The molecule has 0 bridgehead atoms. The predicted molar refractivity (Wildman–Crippen MR) is 108 cm³/mol. The van der Waals surface area contributed by atoms with Gasteiger partial charge in [-0.25, -0.2) is 0 Å². The summed E-state index contributed by atoms with van der Waals surface area (Å²) in [5.41, 5.74) is 5.40. The van der Waals surface area contributed by atoms with Crippen molar-refractivity contribution in [2.24, 2.45) is 5.73 Å². The van der Waals surface area contributed by atoms with E-state index in [0.717, 1.165) is 38.5 Å². The lowest BCUT2D eigenvalue weighted by Gasteiger charge is -2.05. The number of unbranched alkanes of at least 4 members (excludes halogenated alkanes) is 11. The van der Waals surface area contributed by atoms with E-state index in [9.17, 15) is 4.79 Å². The number of nitrogens with two attached hydrogens (primary N) is 1. The molecule has 0 aliphatic heterocycles. The molecule has 0 spiro atoms. The van der Waals surface area contributed by atoms with E-state index < -0.39 is 0 Å². The van der Waals surface area contributed by atoms with E-state index in [-0.39, 0.29) is 5.97 Å². The van der Waals surface area contributed by atoms with Crippen LogP contribution in [0.3, 0.4) is 0 Å². The maximum Gasteiger partial charge on any atom is 0.305 e. The molecule has 0 atom stereocenters. The zero-order valence-corrected chi connectivity index (χ0v) is 17.1. The van der Waals surface area contributed by atoms with Crippen molar-refractivity contribution in [2.75, 3.05) is 19.8 Å². The number of hydrogen-bond acceptors (Lipinski definition) is 4. The Hall–Kier alpha value is -0.610. The van der Waals surface area contributed by atoms with Gasteiger partial charge in [-0.05, 0) is 32.2 Å². The van der Waals surface area contributed by atoms with E-state index in [0.29, 0.717) is 26.2 Å². The van der Waals surface area contributed by atoms with Crippen LogP contribution in [0, 0.1) is 0 Å². The second kappa shape index (κ2) is 25.6. The van der Waals surface area contributed by atoms with E-state index in [2.05, 4.69) is 13.8 Å². The standard InChI is InChI=1S/C17H35NO2.C4H10O/c1-2-3-4-5-6-7-8-9-13-16-20-17(19)14-11-10-12-15-18;1-2-3-4-5/h2-16,18H2,1H3;5H,2-4H2,1H3. The van der Waals surface area contributed by atoms with Gasteiger partial charge in [-0.15, -0.1) is 0 Å². The van der Waals surface area contributed by atoms with Gasteiger partial charge >= 0.3 is 5.97 Å². The Labute approximate surface area is 156 Å². The number of carbonyl (C=O) groups excluding carboxylic acids is 1. The van der Waals surface area contributed by atoms with Crippen molar-refractivity contribution in [1.29, 1.82) is 0 Å². The summed E-state index contributed by atoms with van der Waals surface area (Å²) in [5, 5.41) is 8.07. The molecule has 0 aliphatic rings. The minimum Gasteiger partial charge on any atom is -0.466 e. The lowest BCUT2D eigenvalue weighted by atomic mass is 10.1. The maximum atomic E-state index is 11.4. The Kier molecular flexibility index (Phi) is 27.3. The summed E-state index contributed by atoms with van der Waals surface area (Å²) in [6, 6.07) is 0. The molecule has 0 aliphatic carbocycles. The number of aliphatic hydroxyl groups is 1. The van der Waals surface area contributed by atoms with Crippen LogP contribution < -0.4 is 5.73 Å². The molecule has 25 heavy (non-hydrogen) atoms. The van der Waals surface area contributed by atoms with Crippen molar-refractivity contribution in [3.63, 3.8) is 0 Å². The molecule has 0 heterocycles. The fraction of sp³-hybridized carbons (Fsp3) is 0.952. The minimum absolute atomic E-state index is 0.0402. The van der Waals surface area contributed by atoms with E-state index in [1.807, 2.05) is 0 Å². The van der Waals surface area contributed by atoms with E-state index in [1.54, 1.807) is 0 Å². The van der Waals surface area contributed by atoms with Crippen LogP contribution in [0.1, 0.15) is 110 Å². The fourth-order valence-corrected chi connectivity index (χ4v) is 2.42. The normalized spacial score (nSPS) is 10.2. The van der Waals surface area contributed by atoms with E-state index in [1.165, 1.54) is 51.4 Å². The predicted octanol–water partition coefficient (Wildman–Crippen LogP) is 5.36. The van der Waals surface area contributed by atoms with E-state index >= 15 is 0 Å². The molecule has 0 rings (SSSR count). The first-order valence-corrected chi connectivity index (χ1v) is 10.7. The third-order valence-corrected chi connectivity index (χ3v) is 4.11. The van der Waals surface area contributed by atoms with Crippen LogP contribution >= 0.6 is 0 Å². The molecule has 0 fully saturated rings. The van der Waals surface area contributed by atoms with Gasteiger partial charge in [0.2, 0.25) is 0 Å². The molecular formula is C21H45NO3. The van der Waals surface area contributed by atoms with Crippen molar-refractivity contribution in [3.8, 4) is 0 Å². The van der Waals surface area contributed by atoms with Gasteiger partial charge in [-0.1, -0.05) is 78.1 Å². The minimum atomic E-state index is -0.0402. The van der Waals surface area contributed by atoms with Gasteiger partial charge in [0.05, 0.1) is 6.61 Å². The highest BCUT2D eigenvalue weighted by atomic mass is 16.5. The lowest BCUT2D eigenvalue weighted by Crippen LogP contribution is -2.06. The zero-order chi connectivity index (χ0) is 19.0. The van der Waals surface area contributed by atoms with Crippen LogP contribution in [-0.2, 0) is 9.53 Å². The second-order valence-corrected chi connectivity index (χ2v) is 6.73. The van der Waals surface area contributed by atoms with Gasteiger partial charge in [0, 0.05) is 13.0 Å². The van der Waals surface area contributed by atoms with Crippen LogP contribution in [0.4, 0.5) is 0 Å². The molecule has 0 amide bonds. The molecule has 0 aromatic rings. The van der Waals surface area contributed by atoms with Gasteiger partial charge in [-0.3, -0.25) is 4.79 Å². The first-order chi connectivity index (χ1) is 12.2. The average molecular weight is 360 g/mol. The highest BCUT2D eigenvalue weighted by Gasteiger charge is 2.01. The summed E-state index contributed by atoms with van der Waals surface area (Å²) in [7, 11) is 0. The Balaban J connectivity index is 0. The summed E-state index contributed by atoms with van der Waals surface area (Å²) in [6.07, 6.45) is 17.2. The number of carbonyl (C=O) groups is 1. The highest BCUT2D eigenvalue weighted by Crippen LogP contribution is 2.09. The summed E-state index contributed by atoms with van der Waals surface area (Å²) < 4.78 is 5.21. The molecule has 152 valence electrons. The van der Waals surface area contributed by atoms with Crippen LogP contribution in [0.15, 0.2) is 0 Å². The van der Waals surface area contributed by atoms with Gasteiger partial charge in [0.1, 0.15) is 0 Å². The van der Waals surface area contributed by atoms with Gasteiger partial charge in [0.15, 0.2) is 0 Å². The molecule has 0 saturated heterocycles. The monoisotopic (exact) mass is 359 g/mol. The quantitative estimate of drug-likeness (QED) is 0.271. The molecule has 0 unspecified atom stereocenters. The largest absolute Gasteiger partial charge is 0.466 e. The van der Waals surface area contributed by atoms with Crippen LogP contribution in [0.25, 0.3) is 0 Å². The van der Waals surface area contributed by atoms with Crippen molar-refractivity contribution in [1.82, 2.24) is 0 Å². The Morgan fingerprint density at radius 2 is 1.28 bits per heavy atom. The zero-order valence-electron chi connectivity index (χ0n) is 17.1. The van der Waals surface area contributed by atoms with E-state index in [4.69, 9.17) is 15.6 Å². The molecular weight excluding hydrogens is 314 g/mol. The third kappa shape index (κ3) is 28.5. The van der Waals surface area contributed by atoms with Crippen LogP contribution in [0.2, 0.25) is 0 Å². The fourth-order valence-electron chi connectivity index (χ4n) is 2.42. The molecule has 0 radical (unpaired) electrons. The number of ether oxygens (including phenoxy) is 1.